The van der Waals surface area contributed by atoms with E-state index in [2.05, 4.69) is 17.0 Å². The van der Waals surface area contributed by atoms with Crippen molar-refractivity contribution in [3.05, 3.63) is 82.6 Å². The summed E-state index contributed by atoms with van der Waals surface area (Å²) in [4.78, 5) is 12.5. The van der Waals surface area contributed by atoms with Gasteiger partial charge in [-0.05, 0) is 17.7 Å². The van der Waals surface area contributed by atoms with Crippen LogP contribution in [0.15, 0.2) is 82.2 Å². The molecule has 0 unspecified atom stereocenters. The third-order valence-corrected chi connectivity index (χ3v) is 4.39. The van der Waals surface area contributed by atoms with Crippen LogP contribution in [0.5, 0.6) is 0 Å². The highest BCUT2D eigenvalue weighted by Gasteiger charge is 2.07. The monoisotopic (exact) mass is 336 g/mol. The van der Waals surface area contributed by atoms with Crippen molar-refractivity contribution in [3.63, 3.8) is 0 Å². The summed E-state index contributed by atoms with van der Waals surface area (Å²) in [6.45, 7) is 0.755. The van der Waals surface area contributed by atoms with Gasteiger partial charge >= 0.3 is 0 Å². The van der Waals surface area contributed by atoms with Crippen molar-refractivity contribution in [2.24, 2.45) is 17.0 Å². The summed E-state index contributed by atoms with van der Waals surface area (Å²) in [7, 11) is 4.01. The van der Waals surface area contributed by atoms with Gasteiger partial charge in [0.05, 0.1) is 5.69 Å². The summed E-state index contributed by atoms with van der Waals surface area (Å²) in [5.74, 6) is 0.697. The number of hydrogen-bond acceptors (Lipinski definition) is 2. The topological polar surface area (TPSA) is 32.9 Å². The van der Waals surface area contributed by atoms with Crippen LogP contribution >= 0.6 is 11.3 Å². The van der Waals surface area contributed by atoms with Gasteiger partial charge in [-0.2, -0.15) is 4.99 Å². The number of thiazole rings is 1. The van der Waals surface area contributed by atoms with Crippen LogP contribution in [0.25, 0.3) is 0 Å². The fourth-order valence-corrected chi connectivity index (χ4v) is 2.99. The zero-order valence-electron chi connectivity index (χ0n) is 13.8. The maximum atomic E-state index is 4.77. The van der Waals surface area contributed by atoms with Crippen LogP contribution in [0, 0.1) is 0 Å². The van der Waals surface area contributed by atoms with Crippen LogP contribution in [-0.2, 0) is 13.6 Å². The Labute approximate surface area is 146 Å². The summed E-state index contributed by atoms with van der Waals surface area (Å²) >= 11 is 1.60. The maximum absolute atomic E-state index is 4.77. The van der Waals surface area contributed by atoms with E-state index < -0.39 is 0 Å². The number of aryl methyl sites for hydroxylation is 1. The van der Waals surface area contributed by atoms with Gasteiger partial charge in [0, 0.05) is 32.2 Å². The van der Waals surface area contributed by atoms with E-state index in [4.69, 9.17) is 9.98 Å². The van der Waals surface area contributed by atoms with E-state index in [0.717, 1.165) is 17.0 Å². The Balaban J connectivity index is 1.96. The molecule has 0 N–H and O–H groups in total. The van der Waals surface area contributed by atoms with Gasteiger partial charge in [0.2, 0.25) is 5.96 Å². The van der Waals surface area contributed by atoms with Crippen LogP contribution in [0.2, 0.25) is 0 Å². The molecular weight excluding hydrogens is 316 g/mol. The molecule has 3 rings (SSSR count). The lowest BCUT2D eigenvalue weighted by atomic mass is 10.2. The molecule has 0 saturated carbocycles. The molecule has 3 aromatic rings. The third-order valence-electron chi connectivity index (χ3n) is 3.54. The largest absolute Gasteiger partial charge is 0.339 e. The molecule has 24 heavy (non-hydrogen) atoms. The molecule has 0 bridgehead atoms. The number of rotatable bonds is 3. The molecule has 1 aromatic heterocycles. The molecule has 2 aromatic carbocycles. The van der Waals surface area contributed by atoms with Gasteiger partial charge in [0.1, 0.15) is 0 Å². The minimum atomic E-state index is 0.697. The zero-order chi connectivity index (χ0) is 16.8. The Kier molecular flexibility index (Phi) is 5.23. The minimum Gasteiger partial charge on any atom is -0.339 e. The second kappa shape index (κ2) is 7.75. The first-order chi connectivity index (χ1) is 11.7. The Morgan fingerprint density at radius 1 is 1.04 bits per heavy atom. The summed E-state index contributed by atoms with van der Waals surface area (Å²) in [5, 5.41) is 2.02. The first-order valence-corrected chi connectivity index (χ1v) is 8.64. The number of hydrogen-bond donors (Lipinski definition) is 0. The fourth-order valence-electron chi connectivity index (χ4n) is 2.26. The highest BCUT2D eigenvalue weighted by atomic mass is 32.1. The van der Waals surface area contributed by atoms with Crippen molar-refractivity contribution in [2.45, 2.75) is 6.54 Å². The standard InChI is InChI=1S/C19H20N4S/c1-22-13-14-24-19(22)21-18(20-17-11-7-4-8-12-17)23(2)15-16-9-5-3-6-10-16/h3-14H,15H2,1-2H3. The molecule has 0 atom stereocenters. The predicted octanol–water partition coefficient (Wildman–Crippen LogP) is 3.81. The van der Waals surface area contributed by atoms with Crippen LogP contribution in [0.1, 0.15) is 5.56 Å². The molecule has 1 heterocycles. The molecule has 0 radical (unpaired) electrons. The lowest BCUT2D eigenvalue weighted by Gasteiger charge is -2.18. The fraction of sp³-hybridized carbons (Fsp3) is 0.158. The van der Waals surface area contributed by atoms with Gasteiger partial charge in [0.25, 0.3) is 0 Å². The highest BCUT2D eigenvalue weighted by molar-refractivity contribution is 7.07. The van der Waals surface area contributed by atoms with Gasteiger partial charge in [0.15, 0.2) is 4.80 Å². The average molecular weight is 336 g/mol. The quantitative estimate of drug-likeness (QED) is 0.529. The number of guanidine groups is 1. The lowest BCUT2D eigenvalue weighted by molar-refractivity contribution is 0.493. The van der Waals surface area contributed by atoms with Gasteiger partial charge < -0.3 is 9.47 Å². The van der Waals surface area contributed by atoms with Crippen LogP contribution in [-0.4, -0.2) is 22.5 Å². The maximum Gasteiger partial charge on any atom is 0.228 e. The first kappa shape index (κ1) is 16.2. The van der Waals surface area contributed by atoms with Gasteiger partial charge in [-0.3, -0.25) is 0 Å². The molecule has 0 fully saturated rings. The molecule has 4 nitrogen and oxygen atoms in total. The average Bonchev–Trinajstić information content (AvgIpc) is 3.01. The molecule has 122 valence electrons. The Morgan fingerprint density at radius 3 is 2.33 bits per heavy atom. The molecule has 0 aliphatic rings. The SMILES string of the molecule is CN(Cc1ccccc1)C(=Nc1ccccc1)N=c1sccn1C. The Hall–Kier alpha value is -2.66. The number of aromatic nitrogens is 1. The van der Waals surface area contributed by atoms with Crippen molar-refractivity contribution in [1.29, 1.82) is 0 Å². The van der Waals surface area contributed by atoms with E-state index in [1.807, 2.05) is 78.8 Å². The van der Waals surface area contributed by atoms with Crippen molar-refractivity contribution < 1.29 is 0 Å². The second-order valence-corrected chi connectivity index (χ2v) is 6.37. The molecule has 0 spiro atoms. The van der Waals surface area contributed by atoms with Crippen LogP contribution in [0.4, 0.5) is 5.69 Å². The van der Waals surface area contributed by atoms with Gasteiger partial charge in [-0.25, -0.2) is 4.99 Å². The predicted molar refractivity (Wildman–Crippen MR) is 100 cm³/mol. The molecule has 0 saturated heterocycles. The van der Waals surface area contributed by atoms with E-state index in [0.29, 0.717) is 5.96 Å². The number of para-hydroxylation sites is 1. The van der Waals surface area contributed by atoms with Crippen LogP contribution < -0.4 is 4.80 Å². The second-order valence-electron chi connectivity index (χ2n) is 5.50. The number of benzene rings is 2. The summed E-state index contributed by atoms with van der Waals surface area (Å²) in [5.41, 5.74) is 2.13. The van der Waals surface area contributed by atoms with Gasteiger partial charge in [-0.1, -0.05) is 48.5 Å². The summed E-state index contributed by atoms with van der Waals surface area (Å²) in [6.07, 6.45) is 2.00. The smallest absolute Gasteiger partial charge is 0.228 e. The Bertz CT molecular complexity index is 863. The Morgan fingerprint density at radius 2 is 1.71 bits per heavy atom. The minimum absolute atomic E-state index is 0.697. The van der Waals surface area contributed by atoms with Crippen molar-refractivity contribution in [3.8, 4) is 0 Å². The van der Waals surface area contributed by atoms with E-state index in [1.54, 1.807) is 11.3 Å². The van der Waals surface area contributed by atoms with E-state index in [-0.39, 0.29) is 0 Å². The van der Waals surface area contributed by atoms with Crippen LogP contribution in [0.3, 0.4) is 0 Å². The molecule has 0 amide bonds. The van der Waals surface area contributed by atoms with E-state index in [1.165, 1.54) is 5.56 Å². The normalized spacial score (nSPS) is 12.4. The first-order valence-electron chi connectivity index (χ1n) is 7.76. The van der Waals surface area contributed by atoms with E-state index >= 15 is 0 Å². The molecule has 0 aliphatic heterocycles. The third kappa shape index (κ3) is 4.20. The van der Waals surface area contributed by atoms with Crippen molar-refractivity contribution >= 4 is 23.0 Å². The van der Waals surface area contributed by atoms with Crippen molar-refractivity contribution in [1.82, 2.24) is 9.47 Å². The lowest BCUT2D eigenvalue weighted by Crippen LogP contribution is -2.27. The molecule has 5 heteroatoms. The molecule has 0 aliphatic carbocycles. The van der Waals surface area contributed by atoms with Gasteiger partial charge in [-0.15, -0.1) is 11.3 Å². The van der Waals surface area contributed by atoms with E-state index in [9.17, 15) is 0 Å². The summed E-state index contributed by atoms with van der Waals surface area (Å²) < 4.78 is 2.00. The zero-order valence-corrected chi connectivity index (χ0v) is 14.6. The van der Waals surface area contributed by atoms with Crippen molar-refractivity contribution in [2.75, 3.05) is 7.05 Å². The summed E-state index contributed by atoms with van der Waals surface area (Å²) in [6, 6.07) is 20.3. The number of nitrogens with zero attached hydrogens (tertiary/aromatic N) is 4. The molecular formula is C19H20N4S. The number of aliphatic imine (C=N–C) groups is 1. The highest BCUT2D eigenvalue weighted by Crippen LogP contribution is 2.13.